The molecule has 3 N–H and O–H groups in total. The van der Waals surface area contributed by atoms with Gasteiger partial charge in [0.1, 0.15) is 11.4 Å². The van der Waals surface area contributed by atoms with Crippen molar-refractivity contribution in [1.29, 1.82) is 0 Å². The zero-order valence-corrected chi connectivity index (χ0v) is 10.2. The minimum absolute atomic E-state index is 0.240. The maximum atomic E-state index is 10.2. The van der Waals surface area contributed by atoms with E-state index < -0.39 is 0 Å². The molecule has 0 bridgehead atoms. The van der Waals surface area contributed by atoms with E-state index in [1.54, 1.807) is 6.07 Å². The first-order valence-electron chi connectivity index (χ1n) is 5.55. The number of anilines is 1. The summed E-state index contributed by atoms with van der Waals surface area (Å²) in [6, 6.07) is 5.53. The molecule has 17 heavy (non-hydrogen) atoms. The molecule has 4 nitrogen and oxygen atoms in total. The van der Waals surface area contributed by atoms with Gasteiger partial charge in [-0.1, -0.05) is 31.1 Å². The lowest BCUT2D eigenvalue weighted by Crippen LogP contribution is -1.94. The highest BCUT2D eigenvalue weighted by Gasteiger charge is 2.17. The molecule has 90 valence electrons. The molecule has 0 saturated heterocycles. The topological polar surface area (TPSA) is 72.3 Å². The molecule has 1 heterocycles. The molecule has 0 fully saturated rings. The zero-order chi connectivity index (χ0) is 12.6. The summed E-state index contributed by atoms with van der Waals surface area (Å²) in [6.07, 6.45) is 0. The molecular formula is C13H16N2O2. The van der Waals surface area contributed by atoms with Crippen LogP contribution >= 0.6 is 0 Å². The minimum Gasteiger partial charge on any atom is -0.507 e. The molecule has 0 saturated carbocycles. The maximum absolute atomic E-state index is 10.2. The van der Waals surface area contributed by atoms with E-state index >= 15 is 0 Å². The normalized spacial score (nSPS) is 11.1. The van der Waals surface area contributed by atoms with Gasteiger partial charge in [0.25, 0.3) is 0 Å². The van der Waals surface area contributed by atoms with Gasteiger partial charge in [0.2, 0.25) is 5.88 Å². The van der Waals surface area contributed by atoms with Crippen LogP contribution in [0, 0.1) is 6.92 Å². The van der Waals surface area contributed by atoms with E-state index in [0.29, 0.717) is 11.3 Å². The average Bonchev–Trinajstić information content (AvgIpc) is 2.68. The second kappa shape index (κ2) is 4.13. The number of aryl methyl sites for hydroxylation is 1. The predicted molar refractivity (Wildman–Crippen MR) is 66.8 cm³/mol. The molecule has 2 rings (SSSR count). The van der Waals surface area contributed by atoms with Crippen LogP contribution in [0.5, 0.6) is 5.75 Å². The molecule has 1 aromatic heterocycles. The number of nitrogens with two attached hydrogens (primary N) is 1. The third-order valence-corrected chi connectivity index (χ3v) is 2.82. The third kappa shape index (κ3) is 1.98. The Morgan fingerprint density at radius 3 is 2.59 bits per heavy atom. The van der Waals surface area contributed by atoms with Gasteiger partial charge >= 0.3 is 0 Å². The number of phenolic OH excluding ortho intramolecular Hbond substituents is 1. The first kappa shape index (κ1) is 11.5. The number of benzene rings is 1. The number of hydrogen-bond acceptors (Lipinski definition) is 4. The Labute approximate surface area is 100 Å². The lowest BCUT2D eigenvalue weighted by atomic mass is 9.92. The van der Waals surface area contributed by atoms with Gasteiger partial charge in [-0.3, -0.25) is 0 Å². The van der Waals surface area contributed by atoms with Crippen LogP contribution in [0.15, 0.2) is 22.7 Å². The van der Waals surface area contributed by atoms with Crippen molar-refractivity contribution in [3.8, 4) is 17.0 Å². The first-order valence-corrected chi connectivity index (χ1v) is 5.55. The molecular weight excluding hydrogens is 216 g/mol. The summed E-state index contributed by atoms with van der Waals surface area (Å²) in [5.41, 5.74) is 8.64. The maximum Gasteiger partial charge on any atom is 0.222 e. The van der Waals surface area contributed by atoms with Gasteiger partial charge < -0.3 is 15.4 Å². The van der Waals surface area contributed by atoms with Gasteiger partial charge in [-0.15, -0.1) is 0 Å². The zero-order valence-electron chi connectivity index (χ0n) is 10.2. The Balaban J connectivity index is 2.69. The lowest BCUT2D eigenvalue weighted by Gasteiger charge is -2.13. The number of rotatable bonds is 2. The summed E-state index contributed by atoms with van der Waals surface area (Å²) in [6.45, 7) is 5.99. The summed E-state index contributed by atoms with van der Waals surface area (Å²) < 4.78 is 4.87. The number of hydrogen-bond donors (Lipinski definition) is 2. The first-order chi connectivity index (χ1) is 8.00. The Bertz CT molecular complexity index is 544. The Morgan fingerprint density at radius 2 is 2.06 bits per heavy atom. The molecule has 0 aliphatic carbocycles. The van der Waals surface area contributed by atoms with E-state index in [1.165, 1.54) is 0 Å². The monoisotopic (exact) mass is 232 g/mol. The number of phenols is 1. The second-order valence-corrected chi connectivity index (χ2v) is 4.46. The number of nitrogen functional groups attached to an aromatic ring is 1. The van der Waals surface area contributed by atoms with Gasteiger partial charge in [-0.2, -0.15) is 0 Å². The summed E-state index contributed by atoms with van der Waals surface area (Å²) in [4.78, 5) is 0. The molecule has 0 radical (unpaired) electrons. The highest BCUT2D eigenvalue weighted by Crippen LogP contribution is 2.38. The van der Waals surface area contributed by atoms with E-state index in [2.05, 4.69) is 19.0 Å². The quantitative estimate of drug-likeness (QED) is 0.834. The van der Waals surface area contributed by atoms with Crippen LogP contribution in [0.25, 0.3) is 11.3 Å². The van der Waals surface area contributed by atoms with Crippen molar-refractivity contribution < 1.29 is 9.63 Å². The molecule has 0 aliphatic rings. The third-order valence-electron chi connectivity index (χ3n) is 2.82. The largest absolute Gasteiger partial charge is 0.507 e. The van der Waals surface area contributed by atoms with Crippen LogP contribution < -0.4 is 5.73 Å². The predicted octanol–water partition coefficient (Wildman–Crippen LogP) is 3.06. The lowest BCUT2D eigenvalue weighted by molar-refractivity contribution is 0.437. The summed E-state index contributed by atoms with van der Waals surface area (Å²) >= 11 is 0. The van der Waals surface area contributed by atoms with E-state index in [0.717, 1.165) is 11.1 Å². The molecule has 2 aromatic rings. The van der Waals surface area contributed by atoms with Crippen molar-refractivity contribution >= 4 is 5.88 Å². The van der Waals surface area contributed by atoms with Crippen LogP contribution in [0.2, 0.25) is 0 Å². The van der Waals surface area contributed by atoms with Gasteiger partial charge in [0.05, 0.1) is 0 Å². The Morgan fingerprint density at radius 1 is 1.35 bits per heavy atom. The van der Waals surface area contributed by atoms with Crippen LogP contribution in [0.4, 0.5) is 5.88 Å². The van der Waals surface area contributed by atoms with E-state index in [9.17, 15) is 5.11 Å². The number of aromatic hydroxyl groups is 1. The summed E-state index contributed by atoms with van der Waals surface area (Å²) in [7, 11) is 0. The van der Waals surface area contributed by atoms with Gasteiger partial charge in [-0.25, -0.2) is 0 Å². The van der Waals surface area contributed by atoms with Crippen LogP contribution in [-0.2, 0) is 0 Å². The van der Waals surface area contributed by atoms with Crippen molar-refractivity contribution in [3.63, 3.8) is 0 Å². The Hall–Kier alpha value is -1.97. The average molecular weight is 232 g/mol. The Kier molecular flexibility index (Phi) is 2.79. The van der Waals surface area contributed by atoms with Crippen LogP contribution in [0.3, 0.4) is 0 Å². The highest BCUT2D eigenvalue weighted by atomic mass is 16.5. The van der Waals surface area contributed by atoms with Gasteiger partial charge in [0, 0.05) is 11.6 Å². The van der Waals surface area contributed by atoms with E-state index in [1.807, 2.05) is 19.1 Å². The van der Waals surface area contributed by atoms with Crippen LogP contribution in [0.1, 0.15) is 30.9 Å². The molecule has 1 aromatic carbocycles. The molecule has 0 atom stereocenters. The molecule has 4 heteroatoms. The summed E-state index contributed by atoms with van der Waals surface area (Å²) in [5, 5.41) is 14.0. The fraction of sp³-hybridized carbons (Fsp3) is 0.308. The molecule has 0 unspecified atom stereocenters. The van der Waals surface area contributed by atoms with E-state index in [4.69, 9.17) is 10.3 Å². The number of aromatic nitrogens is 1. The fourth-order valence-corrected chi connectivity index (χ4v) is 1.87. The smallest absolute Gasteiger partial charge is 0.222 e. The summed E-state index contributed by atoms with van der Waals surface area (Å²) in [5.74, 6) is 0.773. The molecule has 0 spiro atoms. The molecule has 0 aliphatic heterocycles. The fourth-order valence-electron chi connectivity index (χ4n) is 1.87. The van der Waals surface area contributed by atoms with Gasteiger partial charge in [-0.05, 0) is 24.0 Å². The van der Waals surface area contributed by atoms with Crippen molar-refractivity contribution in [3.05, 3.63) is 29.3 Å². The molecule has 0 amide bonds. The van der Waals surface area contributed by atoms with Crippen LogP contribution in [-0.4, -0.2) is 10.3 Å². The van der Waals surface area contributed by atoms with Crippen molar-refractivity contribution in [2.24, 2.45) is 0 Å². The van der Waals surface area contributed by atoms with Crippen molar-refractivity contribution in [2.75, 3.05) is 5.73 Å². The van der Waals surface area contributed by atoms with Gasteiger partial charge in [0.15, 0.2) is 0 Å². The number of nitrogens with zero attached hydrogens (tertiary/aromatic N) is 1. The second-order valence-electron chi connectivity index (χ2n) is 4.46. The van der Waals surface area contributed by atoms with Crippen molar-refractivity contribution in [2.45, 2.75) is 26.7 Å². The standard InChI is InChI=1S/C13H16N2O2/c1-7(2)9-5-4-8(3)13(16)12(9)10-6-11(14)17-15-10/h4-7,16H,14H2,1-3H3. The van der Waals surface area contributed by atoms with E-state index in [-0.39, 0.29) is 17.6 Å². The minimum atomic E-state index is 0.240. The highest BCUT2D eigenvalue weighted by molar-refractivity contribution is 5.74. The SMILES string of the molecule is Cc1ccc(C(C)C)c(-c2cc(N)on2)c1O. The van der Waals surface area contributed by atoms with Crippen molar-refractivity contribution in [1.82, 2.24) is 5.16 Å².